The fourth-order valence-electron chi connectivity index (χ4n) is 1.54. The fraction of sp³-hybridized carbons (Fsp3) is 0.0769. The summed E-state index contributed by atoms with van der Waals surface area (Å²) in [5.74, 6) is 0.655. The Hall–Kier alpha value is -1.85. The molecular formula is C13H12O4S. The lowest BCUT2D eigenvalue weighted by atomic mass is 10.2. The number of para-hydroxylation sites is 2. The maximum absolute atomic E-state index is 11.2. The molecule has 2 aromatic rings. The Kier molecular flexibility index (Phi) is 3.36. The van der Waals surface area contributed by atoms with Crippen molar-refractivity contribution in [2.24, 2.45) is 0 Å². The quantitative estimate of drug-likeness (QED) is 0.865. The minimum atomic E-state index is -4.29. The summed E-state index contributed by atoms with van der Waals surface area (Å²) in [6, 6.07) is 13.2. The number of hydrogen-bond donors (Lipinski definition) is 1. The van der Waals surface area contributed by atoms with E-state index < -0.39 is 10.1 Å². The molecule has 2 rings (SSSR count). The Balaban J connectivity index is 2.45. The average molecular weight is 264 g/mol. The van der Waals surface area contributed by atoms with Crippen LogP contribution < -0.4 is 4.74 Å². The summed E-state index contributed by atoms with van der Waals surface area (Å²) >= 11 is 0. The van der Waals surface area contributed by atoms with Gasteiger partial charge in [0.15, 0.2) is 0 Å². The van der Waals surface area contributed by atoms with Crippen LogP contribution in [-0.4, -0.2) is 13.0 Å². The minimum Gasteiger partial charge on any atom is -0.456 e. The van der Waals surface area contributed by atoms with E-state index in [0.717, 1.165) is 5.56 Å². The number of rotatable bonds is 3. The van der Waals surface area contributed by atoms with Crippen LogP contribution in [0.25, 0.3) is 0 Å². The molecular weight excluding hydrogens is 252 g/mol. The lowest BCUT2D eigenvalue weighted by molar-refractivity contribution is 0.448. The number of hydrogen-bond acceptors (Lipinski definition) is 3. The van der Waals surface area contributed by atoms with Crippen molar-refractivity contribution in [3.8, 4) is 11.5 Å². The van der Waals surface area contributed by atoms with Gasteiger partial charge in [0, 0.05) is 0 Å². The van der Waals surface area contributed by atoms with Gasteiger partial charge in [-0.05, 0) is 30.7 Å². The van der Waals surface area contributed by atoms with Gasteiger partial charge in [-0.2, -0.15) is 8.42 Å². The maximum Gasteiger partial charge on any atom is 0.298 e. The second-order valence-corrected chi connectivity index (χ2v) is 5.18. The molecule has 0 spiro atoms. The predicted octanol–water partition coefficient (Wildman–Crippen LogP) is 3.03. The van der Waals surface area contributed by atoms with Crippen molar-refractivity contribution in [1.29, 1.82) is 0 Å². The highest BCUT2D eigenvalue weighted by Gasteiger charge is 2.16. The van der Waals surface area contributed by atoms with Crippen molar-refractivity contribution in [1.82, 2.24) is 0 Å². The number of ether oxygens (including phenoxy) is 1. The molecule has 5 heteroatoms. The first-order chi connectivity index (χ1) is 8.48. The highest BCUT2D eigenvalue weighted by molar-refractivity contribution is 7.86. The molecule has 1 N–H and O–H groups in total. The third-order valence-corrected chi connectivity index (χ3v) is 3.33. The Morgan fingerprint density at radius 1 is 0.944 bits per heavy atom. The molecule has 0 unspecified atom stereocenters. The lowest BCUT2D eigenvalue weighted by Crippen LogP contribution is -2.01. The van der Waals surface area contributed by atoms with Gasteiger partial charge in [0.1, 0.15) is 16.4 Å². The molecule has 2 aromatic carbocycles. The Morgan fingerprint density at radius 3 is 2.11 bits per heavy atom. The van der Waals surface area contributed by atoms with Gasteiger partial charge in [-0.3, -0.25) is 4.55 Å². The lowest BCUT2D eigenvalue weighted by Gasteiger charge is -2.10. The van der Waals surface area contributed by atoms with E-state index in [1.807, 2.05) is 19.1 Å². The Morgan fingerprint density at radius 2 is 1.50 bits per heavy atom. The Labute approximate surface area is 106 Å². The van der Waals surface area contributed by atoms with Crippen molar-refractivity contribution >= 4 is 10.1 Å². The molecule has 0 bridgehead atoms. The highest BCUT2D eigenvalue weighted by Crippen LogP contribution is 2.29. The van der Waals surface area contributed by atoms with Gasteiger partial charge in [0.2, 0.25) is 0 Å². The van der Waals surface area contributed by atoms with E-state index in [-0.39, 0.29) is 10.6 Å². The molecule has 18 heavy (non-hydrogen) atoms. The molecule has 0 aromatic heterocycles. The van der Waals surface area contributed by atoms with Crippen LogP contribution in [-0.2, 0) is 10.1 Å². The monoisotopic (exact) mass is 264 g/mol. The molecule has 0 radical (unpaired) electrons. The summed E-state index contributed by atoms with van der Waals surface area (Å²) in [7, 11) is -4.29. The molecule has 0 saturated carbocycles. The molecule has 0 heterocycles. The minimum absolute atomic E-state index is 0.106. The van der Waals surface area contributed by atoms with Crippen LogP contribution in [0, 0.1) is 6.92 Å². The molecule has 0 aliphatic carbocycles. The van der Waals surface area contributed by atoms with Gasteiger partial charge in [-0.25, -0.2) is 0 Å². The van der Waals surface area contributed by atoms with Crippen molar-refractivity contribution < 1.29 is 17.7 Å². The Bertz CT molecular complexity index is 662. The second-order valence-electron chi connectivity index (χ2n) is 3.79. The van der Waals surface area contributed by atoms with E-state index in [1.54, 1.807) is 18.2 Å². The summed E-state index contributed by atoms with van der Waals surface area (Å²) in [6.07, 6.45) is 0. The van der Waals surface area contributed by atoms with Crippen molar-refractivity contribution in [3.63, 3.8) is 0 Å². The SMILES string of the molecule is Cc1ccccc1Oc1ccccc1S(=O)(=O)O. The smallest absolute Gasteiger partial charge is 0.298 e. The summed E-state index contributed by atoms with van der Waals surface area (Å²) in [5, 5.41) is 0. The zero-order valence-corrected chi connectivity index (χ0v) is 10.5. The summed E-state index contributed by atoms with van der Waals surface area (Å²) in [4.78, 5) is -0.242. The van der Waals surface area contributed by atoms with Crippen LogP contribution in [0.2, 0.25) is 0 Å². The van der Waals surface area contributed by atoms with Crippen LogP contribution in [0.15, 0.2) is 53.4 Å². The standard InChI is InChI=1S/C13H12O4S/c1-10-6-2-3-7-11(10)17-12-8-4-5-9-13(12)18(14,15)16/h2-9H,1H3,(H,14,15,16). The van der Waals surface area contributed by atoms with Crippen LogP contribution in [0.4, 0.5) is 0 Å². The van der Waals surface area contributed by atoms with Crippen molar-refractivity contribution in [3.05, 3.63) is 54.1 Å². The molecule has 0 saturated heterocycles. The third kappa shape index (κ3) is 2.69. The van der Waals surface area contributed by atoms with Crippen molar-refractivity contribution in [2.45, 2.75) is 11.8 Å². The molecule has 4 nitrogen and oxygen atoms in total. The molecule has 0 aliphatic rings. The average Bonchev–Trinajstić information content (AvgIpc) is 2.31. The zero-order chi connectivity index (χ0) is 13.2. The fourth-order valence-corrected chi connectivity index (χ4v) is 2.15. The largest absolute Gasteiger partial charge is 0.456 e. The summed E-state index contributed by atoms with van der Waals surface area (Å²) in [5.41, 5.74) is 0.877. The van der Waals surface area contributed by atoms with E-state index >= 15 is 0 Å². The topological polar surface area (TPSA) is 63.6 Å². The molecule has 94 valence electrons. The normalized spacial score (nSPS) is 11.2. The van der Waals surface area contributed by atoms with E-state index in [4.69, 9.17) is 9.29 Å². The number of benzene rings is 2. The van der Waals surface area contributed by atoms with E-state index in [2.05, 4.69) is 0 Å². The first kappa shape index (κ1) is 12.6. The van der Waals surface area contributed by atoms with Crippen LogP contribution >= 0.6 is 0 Å². The van der Waals surface area contributed by atoms with Gasteiger partial charge >= 0.3 is 0 Å². The molecule has 0 atom stereocenters. The zero-order valence-electron chi connectivity index (χ0n) is 9.70. The van der Waals surface area contributed by atoms with Crippen molar-refractivity contribution in [2.75, 3.05) is 0 Å². The molecule has 0 aliphatic heterocycles. The molecule has 0 amide bonds. The number of aryl methyl sites for hydroxylation is 1. The van der Waals surface area contributed by atoms with E-state index in [0.29, 0.717) is 5.75 Å². The van der Waals surface area contributed by atoms with Gasteiger partial charge in [-0.15, -0.1) is 0 Å². The van der Waals surface area contributed by atoms with Crippen LogP contribution in [0.1, 0.15) is 5.56 Å². The highest BCUT2D eigenvalue weighted by atomic mass is 32.2. The van der Waals surface area contributed by atoms with E-state index in [9.17, 15) is 8.42 Å². The van der Waals surface area contributed by atoms with Crippen LogP contribution in [0.5, 0.6) is 11.5 Å². The summed E-state index contributed by atoms with van der Waals surface area (Å²) < 4.78 is 37.0. The predicted molar refractivity (Wildman–Crippen MR) is 67.5 cm³/mol. The second kappa shape index (κ2) is 4.80. The van der Waals surface area contributed by atoms with Gasteiger partial charge < -0.3 is 4.74 Å². The van der Waals surface area contributed by atoms with Gasteiger partial charge in [0.05, 0.1) is 0 Å². The first-order valence-corrected chi connectivity index (χ1v) is 6.72. The molecule has 0 fully saturated rings. The maximum atomic E-state index is 11.2. The van der Waals surface area contributed by atoms with Gasteiger partial charge in [0.25, 0.3) is 10.1 Å². The van der Waals surface area contributed by atoms with Crippen LogP contribution in [0.3, 0.4) is 0 Å². The third-order valence-electron chi connectivity index (χ3n) is 2.44. The first-order valence-electron chi connectivity index (χ1n) is 5.28. The summed E-state index contributed by atoms with van der Waals surface area (Å²) in [6.45, 7) is 1.85. The van der Waals surface area contributed by atoms with E-state index in [1.165, 1.54) is 18.2 Å². The van der Waals surface area contributed by atoms with Gasteiger partial charge in [-0.1, -0.05) is 30.3 Å².